The first-order valence-corrected chi connectivity index (χ1v) is 8.07. The second-order valence-electron chi connectivity index (χ2n) is 3.95. The zero-order valence-electron chi connectivity index (χ0n) is 9.95. The molecule has 0 amide bonds. The van der Waals surface area contributed by atoms with Crippen LogP contribution in [-0.2, 0) is 10.0 Å². The second-order valence-corrected chi connectivity index (χ2v) is 7.72. The molecule has 0 bridgehead atoms. The number of halogens is 1. The lowest BCUT2D eigenvalue weighted by atomic mass is 10.3. The van der Waals surface area contributed by atoms with E-state index in [0.717, 1.165) is 10.4 Å². The average molecular weight is 337 g/mol. The van der Waals surface area contributed by atoms with E-state index in [2.05, 4.69) is 5.32 Å². The number of nitro groups is 1. The van der Waals surface area contributed by atoms with Gasteiger partial charge in [0.25, 0.3) is 15.7 Å². The van der Waals surface area contributed by atoms with Gasteiger partial charge in [-0.1, -0.05) is 11.6 Å². The van der Waals surface area contributed by atoms with Gasteiger partial charge < -0.3 is 5.32 Å². The van der Waals surface area contributed by atoms with Gasteiger partial charge in [0, 0.05) is 25.7 Å². The highest BCUT2D eigenvalue weighted by Gasteiger charge is 2.36. The van der Waals surface area contributed by atoms with Gasteiger partial charge in [-0.3, -0.25) is 10.1 Å². The first kappa shape index (κ1) is 15.1. The van der Waals surface area contributed by atoms with Crippen LogP contribution in [0.5, 0.6) is 0 Å². The van der Waals surface area contributed by atoms with Gasteiger partial charge in [0.15, 0.2) is 4.34 Å². The van der Waals surface area contributed by atoms with Gasteiger partial charge in [0.05, 0.1) is 11.0 Å². The molecular formula is C9H9ClN4O4S2. The molecule has 1 saturated heterocycles. The number of sulfonamides is 1. The van der Waals surface area contributed by atoms with Crippen LogP contribution < -0.4 is 5.32 Å². The molecule has 1 N–H and O–H groups in total. The lowest BCUT2D eigenvalue weighted by Gasteiger charge is -2.30. The Labute approximate surface area is 123 Å². The predicted molar refractivity (Wildman–Crippen MR) is 72.1 cm³/mol. The largest absolute Gasteiger partial charge is 0.313 e. The third-order valence-corrected chi connectivity index (χ3v) is 6.44. The molecular weight excluding hydrogens is 328 g/mol. The summed E-state index contributed by atoms with van der Waals surface area (Å²) >= 11 is 6.29. The monoisotopic (exact) mass is 336 g/mol. The van der Waals surface area contributed by atoms with Crippen molar-refractivity contribution in [2.45, 2.75) is 10.3 Å². The molecule has 0 aromatic carbocycles. The van der Waals surface area contributed by atoms with Gasteiger partial charge in [-0.05, 0) is 0 Å². The molecule has 20 heavy (non-hydrogen) atoms. The van der Waals surface area contributed by atoms with E-state index in [0.29, 0.717) is 17.9 Å². The van der Waals surface area contributed by atoms with E-state index in [-0.39, 0.29) is 21.6 Å². The summed E-state index contributed by atoms with van der Waals surface area (Å²) in [5.41, 5.74) is -0.445. The normalized spacial score (nSPS) is 20.5. The van der Waals surface area contributed by atoms with Crippen molar-refractivity contribution in [1.29, 1.82) is 5.26 Å². The molecule has 108 valence electrons. The maximum absolute atomic E-state index is 12.4. The van der Waals surface area contributed by atoms with E-state index in [1.54, 1.807) is 0 Å². The van der Waals surface area contributed by atoms with E-state index >= 15 is 0 Å². The van der Waals surface area contributed by atoms with E-state index in [9.17, 15) is 18.5 Å². The Hall–Kier alpha value is -1.25. The van der Waals surface area contributed by atoms with Crippen LogP contribution in [0.25, 0.3) is 0 Å². The topological polar surface area (TPSA) is 116 Å². The van der Waals surface area contributed by atoms with Crippen molar-refractivity contribution in [3.63, 3.8) is 0 Å². The Morgan fingerprint density at radius 2 is 2.35 bits per heavy atom. The molecule has 1 aliphatic heterocycles. The molecule has 11 heteroatoms. The van der Waals surface area contributed by atoms with Gasteiger partial charge >= 0.3 is 0 Å². The number of piperazine rings is 1. The van der Waals surface area contributed by atoms with Crippen LogP contribution >= 0.6 is 22.9 Å². The molecule has 2 heterocycles. The lowest BCUT2D eigenvalue weighted by molar-refractivity contribution is -0.384. The number of nitriles is 1. The number of hydrogen-bond donors (Lipinski definition) is 1. The van der Waals surface area contributed by atoms with Gasteiger partial charge in [-0.2, -0.15) is 9.57 Å². The third kappa shape index (κ3) is 2.63. The van der Waals surface area contributed by atoms with E-state index < -0.39 is 26.7 Å². The summed E-state index contributed by atoms with van der Waals surface area (Å²) in [5.74, 6) is 0. The Bertz CT molecular complexity index is 681. The van der Waals surface area contributed by atoms with Crippen LogP contribution in [0.3, 0.4) is 0 Å². The fourth-order valence-corrected chi connectivity index (χ4v) is 5.12. The first-order chi connectivity index (χ1) is 9.37. The summed E-state index contributed by atoms with van der Waals surface area (Å²) in [4.78, 5) is 9.98. The van der Waals surface area contributed by atoms with Gasteiger partial charge in [-0.15, -0.1) is 11.3 Å². The number of rotatable bonds is 3. The highest BCUT2D eigenvalue weighted by molar-refractivity contribution is 7.91. The van der Waals surface area contributed by atoms with Crippen LogP contribution in [0, 0.1) is 21.4 Å². The van der Waals surface area contributed by atoms with E-state index in [1.807, 2.05) is 6.07 Å². The molecule has 0 saturated carbocycles. The van der Waals surface area contributed by atoms with Crippen LogP contribution in [-0.4, -0.2) is 43.3 Å². The van der Waals surface area contributed by atoms with Gasteiger partial charge in [0.1, 0.15) is 10.3 Å². The smallest absolute Gasteiger partial charge is 0.300 e. The molecule has 1 aromatic heterocycles. The molecule has 0 spiro atoms. The summed E-state index contributed by atoms with van der Waals surface area (Å²) in [6.45, 7) is 0.763. The minimum absolute atomic E-state index is 0.129. The predicted octanol–water partition coefficient (Wildman–Crippen LogP) is 0.796. The number of nitrogens with zero attached hydrogens (tertiary/aromatic N) is 3. The third-order valence-electron chi connectivity index (χ3n) is 2.75. The number of nitrogens with one attached hydrogen (secondary N) is 1. The minimum Gasteiger partial charge on any atom is -0.313 e. The van der Waals surface area contributed by atoms with Crippen molar-refractivity contribution in [2.75, 3.05) is 19.6 Å². The highest BCUT2D eigenvalue weighted by atomic mass is 35.5. The van der Waals surface area contributed by atoms with Crippen LogP contribution in [0.15, 0.2) is 10.3 Å². The maximum atomic E-state index is 12.4. The average Bonchev–Trinajstić information content (AvgIpc) is 2.81. The van der Waals surface area contributed by atoms with Crippen molar-refractivity contribution in [1.82, 2.24) is 9.62 Å². The van der Waals surface area contributed by atoms with Crippen LogP contribution in [0.1, 0.15) is 0 Å². The van der Waals surface area contributed by atoms with Crippen molar-refractivity contribution in [3.8, 4) is 6.07 Å². The standard InChI is InChI=1S/C9H9ClN4O4S2/c10-9-7(14(15)16)3-8(19-9)20(17,18)13-2-1-12-5-6(13)4-11/h3,6,12H,1-2,5H2. The van der Waals surface area contributed by atoms with E-state index in [4.69, 9.17) is 16.9 Å². The Kier molecular flexibility index (Phi) is 4.26. The summed E-state index contributed by atoms with van der Waals surface area (Å²) in [5, 5.41) is 22.6. The fourth-order valence-electron chi connectivity index (χ4n) is 1.79. The van der Waals surface area contributed by atoms with Crippen LogP contribution in [0.4, 0.5) is 5.69 Å². The van der Waals surface area contributed by atoms with Gasteiger partial charge in [0.2, 0.25) is 0 Å². The molecule has 1 unspecified atom stereocenters. The van der Waals surface area contributed by atoms with Crippen LogP contribution in [0.2, 0.25) is 4.34 Å². The number of hydrogen-bond acceptors (Lipinski definition) is 7. The maximum Gasteiger partial charge on any atom is 0.300 e. The quantitative estimate of drug-likeness (QED) is 0.644. The lowest BCUT2D eigenvalue weighted by Crippen LogP contribution is -2.52. The Morgan fingerprint density at radius 3 is 2.90 bits per heavy atom. The minimum atomic E-state index is -3.96. The SMILES string of the molecule is N#CC1CNCCN1S(=O)(=O)c1cc([N+](=O)[O-])c(Cl)s1. The Balaban J connectivity index is 2.42. The molecule has 1 fully saturated rings. The summed E-state index contributed by atoms with van der Waals surface area (Å²) in [6.07, 6.45) is 0. The molecule has 8 nitrogen and oxygen atoms in total. The second kappa shape index (κ2) is 5.63. The van der Waals surface area contributed by atoms with Crippen molar-refractivity contribution >= 4 is 38.6 Å². The summed E-state index contributed by atoms with van der Waals surface area (Å²) < 4.78 is 25.5. The van der Waals surface area contributed by atoms with Crippen molar-refractivity contribution in [2.24, 2.45) is 0 Å². The molecule has 0 aliphatic carbocycles. The van der Waals surface area contributed by atoms with Gasteiger partial charge in [-0.25, -0.2) is 8.42 Å². The summed E-state index contributed by atoms with van der Waals surface area (Å²) in [7, 11) is -3.96. The zero-order chi connectivity index (χ0) is 14.9. The first-order valence-electron chi connectivity index (χ1n) is 5.44. The molecule has 1 aliphatic rings. The molecule has 1 aromatic rings. The van der Waals surface area contributed by atoms with E-state index in [1.165, 1.54) is 0 Å². The molecule has 0 radical (unpaired) electrons. The zero-order valence-corrected chi connectivity index (χ0v) is 12.3. The fraction of sp³-hybridized carbons (Fsp3) is 0.444. The van der Waals surface area contributed by atoms with Crippen molar-refractivity contribution < 1.29 is 13.3 Å². The van der Waals surface area contributed by atoms with Crippen molar-refractivity contribution in [3.05, 3.63) is 20.5 Å². The number of thiophene rings is 1. The molecule has 2 rings (SSSR count). The molecule has 1 atom stereocenters. The Morgan fingerprint density at radius 1 is 1.65 bits per heavy atom. The summed E-state index contributed by atoms with van der Waals surface area (Å²) in [6, 6.07) is 1.99. The highest BCUT2D eigenvalue weighted by Crippen LogP contribution is 2.37.